The molecule has 0 amide bonds. The van der Waals surface area contributed by atoms with Gasteiger partial charge in [0.25, 0.3) is 0 Å². The molecule has 0 aromatic heterocycles. The SMILES string of the molecule is O=C(O)CN(CC(=O)O)NCCCNN(CC(=O)O)CC(=O)O. The normalized spacial score (nSPS) is 10.9. The first-order chi connectivity index (χ1) is 10.7. The predicted molar refractivity (Wildman–Crippen MR) is 74.3 cm³/mol. The molecule has 23 heavy (non-hydrogen) atoms. The van der Waals surface area contributed by atoms with Gasteiger partial charge in [-0.25, -0.2) is 10.0 Å². The summed E-state index contributed by atoms with van der Waals surface area (Å²) in [6, 6.07) is 0. The van der Waals surface area contributed by atoms with E-state index in [1.807, 2.05) is 0 Å². The van der Waals surface area contributed by atoms with E-state index in [1.54, 1.807) is 0 Å². The Balaban J connectivity index is 4.09. The van der Waals surface area contributed by atoms with Crippen LogP contribution in [0.5, 0.6) is 0 Å². The van der Waals surface area contributed by atoms with E-state index in [0.717, 1.165) is 10.0 Å². The second kappa shape index (κ2) is 11.3. The molecule has 6 N–H and O–H groups in total. The van der Waals surface area contributed by atoms with Gasteiger partial charge >= 0.3 is 23.9 Å². The molecule has 0 aliphatic heterocycles. The van der Waals surface area contributed by atoms with E-state index >= 15 is 0 Å². The molecule has 0 rings (SSSR count). The second-order valence-electron chi connectivity index (χ2n) is 4.46. The lowest BCUT2D eigenvalue weighted by Crippen LogP contribution is -2.47. The van der Waals surface area contributed by atoms with Gasteiger partial charge in [0.1, 0.15) is 26.2 Å². The van der Waals surface area contributed by atoms with Crippen LogP contribution >= 0.6 is 0 Å². The first-order valence-corrected chi connectivity index (χ1v) is 6.54. The molecule has 0 aromatic rings. The Labute approximate surface area is 131 Å². The van der Waals surface area contributed by atoms with Gasteiger partial charge in [0.2, 0.25) is 0 Å². The number of hydrogen-bond donors (Lipinski definition) is 6. The van der Waals surface area contributed by atoms with Crippen LogP contribution in [-0.2, 0) is 19.2 Å². The Morgan fingerprint density at radius 1 is 0.609 bits per heavy atom. The molecular weight excluding hydrogens is 316 g/mol. The van der Waals surface area contributed by atoms with Crippen molar-refractivity contribution in [1.29, 1.82) is 0 Å². The number of rotatable bonds is 14. The fourth-order valence-electron chi connectivity index (χ4n) is 1.55. The largest absolute Gasteiger partial charge is 0.480 e. The van der Waals surface area contributed by atoms with Crippen molar-refractivity contribution in [2.24, 2.45) is 0 Å². The summed E-state index contributed by atoms with van der Waals surface area (Å²) in [6.07, 6.45) is 0.380. The summed E-state index contributed by atoms with van der Waals surface area (Å²) in [5, 5.41) is 36.6. The van der Waals surface area contributed by atoms with Crippen LogP contribution in [0.4, 0.5) is 0 Å². The van der Waals surface area contributed by atoms with Gasteiger partial charge in [-0.2, -0.15) is 0 Å². The molecule has 0 heterocycles. The molecule has 0 aliphatic rings. The third kappa shape index (κ3) is 13.1. The number of hydrazine groups is 2. The average molecular weight is 336 g/mol. The predicted octanol–water partition coefficient (Wildman–Crippen LogP) is -2.67. The van der Waals surface area contributed by atoms with E-state index in [-0.39, 0.29) is 13.1 Å². The van der Waals surface area contributed by atoms with Crippen molar-refractivity contribution in [2.45, 2.75) is 6.42 Å². The fraction of sp³-hybridized carbons (Fsp3) is 0.636. The minimum Gasteiger partial charge on any atom is -0.480 e. The molecule has 0 bridgehead atoms. The van der Waals surface area contributed by atoms with Crippen molar-refractivity contribution >= 4 is 23.9 Å². The Morgan fingerprint density at radius 3 is 1.09 bits per heavy atom. The number of carboxylic acids is 4. The molecule has 0 aliphatic carbocycles. The van der Waals surface area contributed by atoms with Crippen LogP contribution in [0.25, 0.3) is 0 Å². The summed E-state index contributed by atoms with van der Waals surface area (Å²) in [5.74, 6) is -4.76. The van der Waals surface area contributed by atoms with Gasteiger partial charge in [-0.1, -0.05) is 0 Å². The lowest BCUT2D eigenvalue weighted by Gasteiger charge is -2.21. The van der Waals surface area contributed by atoms with Gasteiger partial charge in [0.15, 0.2) is 0 Å². The smallest absolute Gasteiger partial charge is 0.319 e. The molecule has 0 atom stereocenters. The standard InChI is InChI=1S/C11H20N4O8/c16-8(17)4-14(5-9(18)19)12-2-1-3-13-15(6-10(20)21)7-11(22)23/h12-13H,1-7H2,(H,16,17)(H,18,19)(H,20,21)(H,22,23). The summed E-state index contributed by atoms with van der Waals surface area (Å²) in [6.45, 7) is -1.54. The van der Waals surface area contributed by atoms with Crippen molar-refractivity contribution in [3.8, 4) is 0 Å². The monoisotopic (exact) mass is 336 g/mol. The fourth-order valence-corrected chi connectivity index (χ4v) is 1.55. The molecule has 0 saturated carbocycles. The highest BCUT2D eigenvalue weighted by Crippen LogP contribution is 1.87. The van der Waals surface area contributed by atoms with Crippen LogP contribution in [0.1, 0.15) is 6.42 Å². The topological polar surface area (TPSA) is 180 Å². The zero-order valence-electron chi connectivity index (χ0n) is 12.3. The zero-order valence-corrected chi connectivity index (χ0v) is 12.3. The number of hydrogen-bond acceptors (Lipinski definition) is 8. The first-order valence-electron chi connectivity index (χ1n) is 6.54. The van der Waals surface area contributed by atoms with Crippen molar-refractivity contribution in [3.05, 3.63) is 0 Å². The van der Waals surface area contributed by atoms with Gasteiger partial charge < -0.3 is 20.4 Å². The minimum absolute atomic E-state index is 0.224. The van der Waals surface area contributed by atoms with Gasteiger partial charge in [-0.05, 0) is 6.42 Å². The van der Waals surface area contributed by atoms with Crippen LogP contribution < -0.4 is 10.9 Å². The Kier molecular flexibility index (Phi) is 10.2. The molecule has 0 saturated heterocycles. The highest BCUT2D eigenvalue weighted by atomic mass is 16.4. The van der Waals surface area contributed by atoms with Gasteiger partial charge in [0, 0.05) is 13.1 Å². The number of nitrogens with zero attached hydrogens (tertiary/aromatic N) is 2. The maximum absolute atomic E-state index is 10.6. The maximum Gasteiger partial charge on any atom is 0.319 e. The van der Waals surface area contributed by atoms with Gasteiger partial charge in [-0.3, -0.25) is 30.0 Å². The quantitative estimate of drug-likeness (QED) is 0.143. The molecule has 0 aromatic carbocycles. The molecule has 0 radical (unpaired) electrons. The van der Waals surface area contributed by atoms with Crippen LogP contribution in [0.15, 0.2) is 0 Å². The zero-order chi connectivity index (χ0) is 17.8. The molecule has 12 heteroatoms. The van der Waals surface area contributed by atoms with E-state index in [0.29, 0.717) is 6.42 Å². The molecule has 12 nitrogen and oxygen atoms in total. The number of carbonyl (C=O) groups is 4. The molecule has 132 valence electrons. The van der Waals surface area contributed by atoms with Gasteiger partial charge in [0.05, 0.1) is 0 Å². The first kappa shape index (κ1) is 20.7. The number of carboxylic acid groups (broad SMARTS) is 4. The van der Waals surface area contributed by atoms with Gasteiger partial charge in [-0.15, -0.1) is 0 Å². The van der Waals surface area contributed by atoms with E-state index in [2.05, 4.69) is 10.9 Å². The second-order valence-corrected chi connectivity index (χ2v) is 4.46. The third-order valence-electron chi connectivity index (χ3n) is 2.33. The van der Waals surface area contributed by atoms with E-state index < -0.39 is 50.1 Å². The van der Waals surface area contributed by atoms with E-state index in [4.69, 9.17) is 20.4 Å². The van der Waals surface area contributed by atoms with Crippen molar-refractivity contribution < 1.29 is 39.6 Å². The summed E-state index contributed by atoms with van der Waals surface area (Å²) in [4.78, 5) is 42.3. The minimum atomic E-state index is -1.19. The number of aliphatic carboxylic acids is 4. The molecule has 0 unspecified atom stereocenters. The average Bonchev–Trinajstić information content (AvgIpc) is 2.34. The van der Waals surface area contributed by atoms with Crippen LogP contribution in [0.3, 0.4) is 0 Å². The van der Waals surface area contributed by atoms with Crippen molar-refractivity contribution in [3.63, 3.8) is 0 Å². The lowest BCUT2D eigenvalue weighted by molar-refractivity contribution is -0.145. The van der Waals surface area contributed by atoms with Crippen LogP contribution in [0.2, 0.25) is 0 Å². The molecular formula is C11H20N4O8. The van der Waals surface area contributed by atoms with Crippen molar-refractivity contribution in [1.82, 2.24) is 20.9 Å². The third-order valence-corrected chi connectivity index (χ3v) is 2.33. The maximum atomic E-state index is 10.6. The Bertz CT molecular complexity index is 360. The summed E-state index contributed by atoms with van der Waals surface area (Å²) in [5.41, 5.74) is 5.24. The molecule has 0 spiro atoms. The Hall–Kier alpha value is -2.28. The number of nitrogens with one attached hydrogen (secondary N) is 2. The Morgan fingerprint density at radius 2 is 0.870 bits per heavy atom. The van der Waals surface area contributed by atoms with E-state index in [1.165, 1.54) is 0 Å². The van der Waals surface area contributed by atoms with Crippen molar-refractivity contribution in [2.75, 3.05) is 39.3 Å². The lowest BCUT2D eigenvalue weighted by atomic mass is 10.4. The summed E-state index contributed by atoms with van der Waals surface area (Å²) >= 11 is 0. The highest BCUT2D eigenvalue weighted by molar-refractivity contribution is 5.72. The summed E-state index contributed by atoms with van der Waals surface area (Å²) < 4.78 is 0. The highest BCUT2D eigenvalue weighted by Gasteiger charge is 2.14. The molecule has 0 fully saturated rings. The van der Waals surface area contributed by atoms with Crippen LogP contribution in [0, 0.1) is 0 Å². The van der Waals surface area contributed by atoms with Crippen LogP contribution in [-0.4, -0.2) is 93.6 Å². The van der Waals surface area contributed by atoms with E-state index in [9.17, 15) is 19.2 Å². The summed E-state index contributed by atoms with van der Waals surface area (Å²) in [7, 11) is 0.